The van der Waals surface area contributed by atoms with Crippen LogP contribution in [0.5, 0.6) is 0 Å². The molecule has 152 valence electrons. The number of amides is 2. The van der Waals surface area contributed by atoms with Crippen LogP contribution in [0.1, 0.15) is 23.4 Å². The van der Waals surface area contributed by atoms with Crippen LogP contribution in [-0.2, 0) is 22.6 Å². The fourth-order valence-corrected chi connectivity index (χ4v) is 3.24. The molecule has 0 aliphatic carbocycles. The lowest BCUT2D eigenvalue weighted by atomic mass is 10.1. The van der Waals surface area contributed by atoms with Crippen molar-refractivity contribution in [2.45, 2.75) is 26.3 Å². The van der Waals surface area contributed by atoms with Crippen LogP contribution in [0.4, 0.5) is 0 Å². The second kappa shape index (κ2) is 9.24. The summed E-state index contributed by atoms with van der Waals surface area (Å²) in [6, 6.07) is 5.41. The molecule has 2 N–H and O–H groups in total. The lowest BCUT2D eigenvalue weighted by molar-refractivity contribution is -0.128. The second-order valence-electron chi connectivity index (χ2n) is 6.75. The molecular formula is C20H20Cl2N4O3. The highest BCUT2D eigenvalue weighted by molar-refractivity contribution is 6.42. The van der Waals surface area contributed by atoms with Gasteiger partial charge in [0.1, 0.15) is 0 Å². The summed E-state index contributed by atoms with van der Waals surface area (Å²) in [5.41, 5.74) is 2.42. The van der Waals surface area contributed by atoms with E-state index >= 15 is 0 Å². The van der Waals surface area contributed by atoms with Crippen molar-refractivity contribution in [2.24, 2.45) is 0 Å². The Balaban J connectivity index is 1.50. The third kappa shape index (κ3) is 5.25. The first-order chi connectivity index (χ1) is 13.8. The monoisotopic (exact) mass is 434 g/mol. The van der Waals surface area contributed by atoms with Crippen LogP contribution in [0.3, 0.4) is 0 Å². The number of hydrogen-bond acceptors (Lipinski definition) is 5. The molecule has 29 heavy (non-hydrogen) atoms. The van der Waals surface area contributed by atoms with E-state index in [-0.39, 0.29) is 18.7 Å². The highest BCUT2D eigenvalue weighted by Gasteiger charge is 2.34. The normalized spacial score (nSPS) is 13.9. The number of aromatic nitrogens is 2. The Morgan fingerprint density at radius 3 is 2.72 bits per heavy atom. The second-order valence-corrected chi connectivity index (χ2v) is 7.56. The van der Waals surface area contributed by atoms with E-state index in [9.17, 15) is 14.7 Å². The van der Waals surface area contributed by atoms with E-state index in [2.05, 4.69) is 15.3 Å². The number of benzene rings is 1. The largest absolute Gasteiger partial charge is 0.503 e. The predicted molar refractivity (Wildman–Crippen MR) is 110 cm³/mol. The molecule has 2 heterocycles. The molecule has 0 saturated heterocycles. The Bertz CT molecular complexity index is 961. The zero-order valence-corrected chi connectivity index (χ0v) is 17.3. The first kappa shape index (κ1) is 21.1. The number of aryl methyl sites for hydroxylation is 2. The average Bonchev–Trinajstić information content (AvgIpc) is 2.98. The SMILES string of the molecule is Cc1cnc(CN2CC(C(=O)NCCCc3ccc(Cl)c(Cl)c3)=C(O)C2=O)cn1. The third-order valence-electron chi connectivity index (χ3n) is 4.50. The zero-order chi connectivity index (χ0) is 21.0. The number of carbonyl (C=O) groups is 2. The van der Waals surface area contributed by atoms with Crippen molar-refractivity contribution in [2.75, 3.05) is 13.1 Å². The minimum atomic E-state index is -0.590. The van der Waals surface area contributed by atoms with Gasteiger partial charge in [-0.25, -0.2) is 0 Å². The van der Waals surface area contributed by atoms with Crippen LogP contribution >= 0.6 is 23.2 Å². The quantitative estimate of drug-likeness (QED) is 0.652. The molecule has 0 fully saturated rings. The molecule has 2 aromatic rings. The average molecular weight is 435 g/mol. The molecule has 1 aromatic carbocycles. The number of aliphatic hydroxyl groups excluding tert-OH is 1. The van der Waals surface area contributed by atoms with E-state index in [1.54, 1.807) is 24.5 Å². The van der Waals surface area contributed by atoms with Gasteiger partial charge in [0.25, 0.3) is 11.8 Å². The standard InChI is InChI=1S/C20H20Cl2N4O3/c1-12-8-25-14(9-24-12)10-26-11-15(18(27)20(26)29)19(28)23-6-2-3-13-4-5-16(21)17(22)7-13/h4-5,7-9,27H,2-3,6,10-11H2,1H3,(H,23,28). The van der Waals surface area contributed by atoms with Gasteiger partial charge in [-0.3, -0.25) is 19.6 Å². The van der Waals surface area contributed by atoms with Gasteiger partial charge in [-0.15, -0.1) is 0 Å². The lowest BCUT2D eigenvalue weighted by Crippen LogP contribution is -2.30. The van der Waals surface area contributed by atoms with Crippen molar-refractivity contribution < 1.29 is 14.7 Å². The van der Waals surface area contributed by atoms with E-state index in [1.165, 1.54) is 4.90 Å². The Hall–Kier alpha value is -2.64. The fourth-order valence-electron chi connectivity index (χ4n) is 2.92. The summed E-state index contributed by atoms with van der Waals surface area (Å²) < 4.78 is 0. The lowest BCUT2D eigenvalue weighted by Gasteiger charge is -2.15. The number of hydrogen-bond donors (Lipinski definition) is 2. The number of aliphatic hydroxyl groups is 1. The van der Waals surface area contributed by atoms with Crippen LogP contribution in [0.15, 0.2) is 41.9 Å². The minimum absolute atomic E-state index is 0.0266. The highest BCUT2D eigenvalue weighted by Crippen LogP contribution is 2.23. The maximum atomic E-state index is 12.4. The molecule has 0 radical (unpaired) electrons. The van der Waals surface area contributed by atoms with Gasteiger partial charge in [0, 0.05) is 12.7 Å². The van der Waals surface area contributed by atoms with Crippen LogP contribution in [0.25, 0.3) is 0 Å². The first-order valence-electron chi connectivity index (χ1n) is 9.06. The summed E-state index contributed by atoms with van der Waals surface area (Å²) in [7, 11) is 0. The molecule has 0 atom stereocenters. The van der Waals surface area contributed by atoms with Crippen LogP contribution in [0.2, 0.25) is 10.0 Å². The first-order valence-corrected chi connectivity index (χ1v) is 9.82. The maximum absolute atomic E-state index is 12.4. The highest BCUT2D eigenvalue weighted by atomic mass is 35.5. The summed E-state index contributed by atoms with van der Waals surface area (Å²) >= 11 is 11.9. The molecule has 0 unspecified atom stereocenters. The topological polar surface area (TPSA) is 95.4 Å². The summed E-state index contributed by atoms with van der Waals surface area (Å²) in [6.07, 6.45) is 4.55. The molecule has 1 aromatic heterocycles. The van der Waals surface area contributed by atoms with Gasteiger partial charge in [-0.2, -0.15) is 0 Å². The number of carbonyl (C=O) groups excluding carboxylic acids is 2. The molecule has 2 amide bonds. The number of halogens is 2. The van der Waals surface area contributed by atoms with E-state index in [0.29, 0.717) is 35.1 Å². The zero-order valence-electron chi connectivity index (χ0n) is 15.8. The van der Waals surface area contributed by atoms with Gasteiger partial charge >= 0.3 is 0 Å². The Morgan fingerprint density at radius 1 is 1.24 bits per heavy atom. The summed E-state index contributed by atoms with van der Waals surface area (Å²) in [5, 5.41) is 13.8. The molecule has 9 heteroatoms. The van der Waals surface area contributed by atoms with Crippen LogP contribution in [0, 0.1) is 6.92 Å². The molecule has 1 aliphatic heterocycles. The minimum Gasteiger partial charge on any atom is -0.503 e. The molecule has 0 bridgehead atoms. The summed E-state index contributed by atoms with van der Waals surface area (Å²) in [5.74, 6) is -1.57. The Labute approximate surface area is 178 Å². The molecular weight excluding hydrogens is 415 g/mol. The third-order valence-corrected chi connectivity index (χ3v) is 5.24. The summed E-state index contributed by atoms with van der Waals surface area (Å²) in [6.45, 7) is 2.41. The van der Waals surface area contributed by atoms with Gasteiger partial charge in [0.15, 0.2) is 5.76 Å². The van der Waals surface area contributed by atoms with E-state index in [0.717, 1.165) is 11.3 Å². The van der Waals surface area contributed by atoms with Crippen molar-refractivity contribution in [3.8, 4) is 0 Å². The Kier molecular flexibility index (Phi) is 6.71. The van der Waals surface area contributed by atoms with E-state index in [4.69, 9.17) is 23.2 Å². The maximum Gasteiger partial charge on any atom is 0.289 e. The van der Waals surface area contributed by atoms with Crippen molar-refractivity contribution >= 4 is 35.0 Å². The van der Waals surface area contributed by atoms with Crippen molar-refractivity contribution in [1.29, 1.82) is 0 Å². The number of nitrogens with one attached hydrogen (secondary N) is 1. The summed E-state index contributed by atoms with van der Waals surface area (Å²) in [4.78, 5) is 34.3. The van der Waals surface area contributed by atoms with E-state index < -0.39 is 17.6 Å². The molecule has 0 spiro atoms. The number of rotatable bonds is 7. The van der Waals surface area contributed by atoms with Crippen LogP contribution in [-0.4, -0.2) is 44.9 Å². The van der Waals surface area contributed by atoms with Gasteiger partial charge in [0.2, 0.25) is 0 Å². The van der Waals surface area contributed by atoms with Gasteiger partial charge < -0.3 is 15.3 Å². The Morgan fingerprint density at radius 2 is 2.03 bits per heavy atom. The molecule has 3 rings (SSSR count). The van der Waals surface area contributed by atoms with Crippen molar-refractivity contribution in [3.05, 3.63) is 68.9 Å². The van der Waals surface area contributed by atoms with E-state index in [1.807, 2.05) is 13.0 Å². The van der Waals surface area contributed by atoms with Crippen molar-refractivity contribution in [3.63, 3.8) is 0 Å². The molecule has 0 saturated carbocycles. The van der Waals surface area contributed by atoms with Crippen LogP contribution < -0.4 is 5.32 Å². The smallest absolute Gasteiger partial charge is 0.289 e. The van der Waals surface area contributed by atoms with Crippen molar-refractivity contribution in [1.82, 2.24) is 20.2 Å². The van der Waals surface area contributed by atoms with Gasteiger partial charge in [-0.1, -0.05) is 29.3 Å². The molecule has 1 aliphatic rings. The van der Waals surface area contributed by atoms with Gasteiger partial charge in [-0.05, 0) is 37.5 Å². The fraction of sp³-hybridized carbons (Fsp3) is 0.300. The number of nitrogens with zero attached hydrogens (tertiary/aromatic N) is 3. The molecule has 7 nitrogen and oxygen atoms in total. The van der Waals surface area contributed by atoms with Gasteiger partial charge in [0.05, 0.1) is 46.3 Å². The predicted octanol–water partition coefficient (Wildman–Crippen LogP) is 3.00.